The lowest BCUT2D eigenvalue weighted by Gasteiger charge is -2.20. The highest BCUT2D eigenvalue weighted by molar-refractivity contribution is 7.90. The van der Waals surface area contributed by atoms with Gasteiger partial charge in [0.25, 0.3) is 0 Å². The van der Waals surface area contributed by atoms with Crippen molar-refractivity contribution in [2.45, 2.75) is 25.3 Å². The molecule has 0 saturated carbocycles. The van der Waals surface area contributed by atoms with E-state index >= 15 is 0 Å². The van der Waals surface area contributed by atoms with E-state index in [9.17, 15) is 13.0 Å². The van der Waals surface area contributed by atoms with E-state index in [4.69, 9.17) is 9.05 Å². The summed E-state index contributed by atoms with van der Waals surface area (Å²) in [6, 6.07) is 15.2. The summed E-state index contributed by atoms with van der Waals surface area (Å²) < 4.78 is 51.6. The molecule has 8 heteroatoms. The van der Waals surface area contributed by atoms with Crippen LogP contribution in [0.25, 0.3) is 0 Å². The molecule has 0 radical (unpaired) electrons. The van der Waals surface area contributed by atoms with Crippen molar-refractivity contribution < 1.29 is 22.0 Å². The Morgan fingerprint density at radius 1 is 0.920 bits per heavy atom. The molecule has 1 N–H and O–H groups in total. The second-order valence-electron chi connectivity index (χ2n) is 5.11. The van der Waals surface area contributed by atoms with E-state index in [0.717, 1.165) is 5.56 Å². The number of nitrogens with one attached hydrogen (secondary N) is 1. The van der Waals surface area contributed by atoms with E-state index in [1.807, 2.05) is 30.3 Å². The summed E-state index contributed by atoms with van der Waals surface area (Å²) in [7, 11) is -7.61. The maximum Gasteiger partial charge on any atom is 0.362 e. The average Bonchev–Trinajstić information content (AvgIpc) is 2.61. The number of hydrogen-bond acceptors (Lipinski definition) is 5. The molecule has 0 aliphatic carbocycles. The fourth-order valence-corrected chi connectivity index (χ4v) is 5.73. The first-order chi connectivity index (χ1) is 11.9. The van der Waals surface area contributed by atoms with Gasteiger partial charge in [-0.2, -0.15) is 0 Å². The van der Waals surface area contributed by atoms with Gasteiger partial charge in [0.05, 0.1) is 23.4 Å². The van der Waals surface area contributed by atoms with Gasteiger partial charge in [0.2, 0.25) is 10.0 Å². The summed E-state index contributed by atoms with van der Waals surface area (Å²) in [6.07, 6.45) is 0. The summed E-state index contributed by atoms with van der Waals surface area (Å²) in [4.78, 5) is -0.101. The number of rotatable bonds is 9. The smallest absolute Gasteiger partial charge is 0.305 e. The Bertz CT molecular complexity index is 829. The maximum atomic E-state index is 13.0. The molecule has 0 atom stereocenters. The third-order valence-corrected chi connectivity index (χ3v) is 7.14. The minimum absolute atomic E-state index is 0.0410. The maximum absolute atomic E-state index is 13.0. The van der Waals surface area contributed by atoms with Crippen LogP contribution in [0.15, 0.2) is 59.5 Å². The SMILES string of the molecule is CCOP(=O)(OCC)c1ccccc1S(=O)(=O)NCc1ccccc1. The van der Waals surface area contributed by atoms with Crippen LogP contribution in [0.3, 0.4) is 0 Å². The molecule has 0 aliphatic rings. The highest BCUT2D eigenvalue weighted by Crippen LogP contribution is 2.48. The van der Waals surface area contributed by atoms with Crippen LogP contribution in [0.2, 0.25) is 0 Å². The Morgan fingerprint density at radius 2 is 1.48 bits per heavy atom. The van der Waals surface area contributed by atoms with Crippen LogP contribution in [-0.2, 0) is 30.2 Å². The van der Waals surface area contributed by atoms with E-state index in [1.165, 1.54) is 12.1 Å². The van der Waals surface area contributed by atoms with Crippen molar-refractivity contribution in [1.82, 2.24) is 4.72 Å². The van der Waals surface area contributed by atoms with Crippen molar-refractivity contribution in [3.63, 3.8) is 0 Å². The molecule has 2 rings (SSSR count). The van der Waals surface area contributed by atoms with Crippen molar-refractivity contribution in [2.24, 2.45) is 0 Å². The van der Waals surface area contributed by atoms with Crippen LogP contribution in [0, 0.1) is 0 Å². The van der Waals surface area contributed by atoms with E-state index in [0.29, 0.717) is 0 Å². The third-order valence-electron chi connectivity index (χ3n) is 3.36. The fraction of sp³-hybridized carbons (Fsp3) is 0.294. The highest BCUT2D eigenvalue weighted by atomic mass is 32.2. The van der Waals surface area contributed by atoms with Gasteiger partial charge in [-0.15, -0.1) is 0 Å². The van der Waals surface area contributed by atoms with Gasteiger partial charge >= 0.3 is 7.60 Å². The van der Waals surface area contributed by atoms with E-state index < -0.39 is 17.6 Å². The van der Waals surface area contributed by atoms with E-state index in [1.54, 1.807) is 26.0 Å². The molecule has 0 bridgehead atoms. The first-order valence-electron chi connectivity index (χ1n) is 7.95. The Hall–Kier alpha value is -1.50. The number of benzene rings is 2. The van der Waals surface area contributed by atoms with Crippen molar-refractivity contribution >= 4 is 22.9 Å². The van der Waals surface area contributed by atoms with Crippen LogP contribution < -0.4 is 10.0 Å². The first kappa shape index (κ1) is 19.8. The first-order valence-corrected chi connectivity index (χ1v) is 11.0. The summed E-state index contributed by atoms with van der Waals surface area (Å²) in [6.45, 7) is 3.77. The van der Waals surface area contributed by atoms with Gasteiger partial charge in [0.15, 0.2) is 0 Å². The molecule has 0 unspecified atom stereocenters. The minimum atomic E-state index is -3.89. The monoisotopic (exact) mass is 383 g/mol. The predicted octanol–water partition coefficient (Wildman–Crippen LogP) is 3.06. The van der Waals surface area contributed by atoms with Gasteiger partial charge in [-0.05, 0) is 31.5 Å². The van der Waals surface area contributed by atoms with Crippen molar-refractivity contribution in [3.05, 3.63) is 60.2 Å². The second kappa shape index (κ2) is 8.74. The predicted molar refractivity (Wildman–Crippen MR) is 97.4 cm³/mol. The summed E-state index contributed by atoms with van der Waals surface area (Å²) >= 11 is 0. The third kappa shape index (κ3) is 5.00. The summed E-state index contributed by atoms with van der Waals surface area (Å²) in [5.41, 5.74) is 0.821. The Balaban J connectivity index is 2.36. The highest BCUT2D eigenvalue weighted by Gasteiger charge is 2.33. The normalized spacial score (nSPS) is 12.2. The zero-order chi connectivity index (χ0) is 18.3. The Kier molecular flexibility index (Phi) is 6.93. The lowest BCUT2D eigenvalue weighted by molar-refractivity contribution is 0.229. The molecular weight excluding hydrogens is 361 g/mol. The van der Waals surface area contributed by atoms with Crippen molar-refractivity contribution in [2.75, 3.05) is 13.2 Å². The van der Waals surface area contributed by atoms with Gasteiger partial charge in [0.1, 0.15) is 0 Å². The quantitative estimate of drug-likeness (QED) is 0.673. The average molecular weight is 383 g/mol. The van der Waals surface area contributed by atoms with E-state index in [-0.39, 0.29) is 30.0 Å². The van der Waals surface area contributed by atoms with Crippen molar-refractivity contribution in [3.8, 4) is 0 Å². The number of sulfonamides is 1. The lowest BCUT2D eigenvalue weighted by Crippen LogP contribution is -2.28. The van der Waals surface area contributed by atoms with Gasteiger partial charge in [-0.3, -0.25) is 4.57 Å². The molecule has 0 heterocycles. The minimum Gasteiger partial charge on any atom is -0.305 e. The molecule has 0 spiro atoms. The van der Waals surface area contributed by atoms with Crippen LogP contribution in [0.4, 0.5) is 0 Å². The summed E-state index contributed by atoms with van der Waals surface area (Å²) in [5.74, 6) is 0. The van der Waals surface area contributed by atoms with Gasteiger partial charge < -0.3 is 9.05 Å². The fourth-order valence-electron chi connectivity index (χ4n) is 2.28. The van der Waals surface area contributed by atoms with Gasteiger partial charge in [-0.25, -0.2) is 13.1 Å². The molecule has 136 valence electrons. The van der Waals surface area contributed by atoms with Crippen LogP contribution in [-0.4, -0.2) is 21.6 Å². The zero-order valence-electron chi connectivity index (χ0n) is 14.2. The van der Waals surface area contributed by atoms with Crippen LogP contribution in [0.5, 0.6) is 0 Å². The Labute approximate surface area is 148 Å². The molecular formula is C17H22NO5PS. The van der Waals surface area contributed by atoms with Gasteiger partial charge in [-0.1, -0.05) is 42.5 Å². The van der Waals surface area contributed by atoms with Crippen LogP contribution in [0.1, 0.15) is 19.4 Å². The lowest BCUT2D eigenvalue weighted by atomic mass is 10.2. The molecule has 2 aromatic rings. The van der Waals surface area contributed by atoms with E-state index in [2.05, 4.69) is 4.72 Å². The molecule has 0 fully saturated rings. The Morgan fingerprint density at radius 3 is 2.08 bits per heavy atom. The second-order valence-corrected chi connectivity index (χ2v) is 8.84. The molecule has 0 aromatic heterocycles. The molecule has 6 nitrogen and oxygen atoms in total. The standard InChI is InChI=1S/C17H22NO5PS/c1-3-22-24(19,23-4-2)16-12-8-9-13-17(16)25(20,21)18-14-15-10-6-5-7-11-15/h5-13,18H,3-4,14H2,1-2H3. The molecule has 0 aliphatic heterocycles. The largest absolute Gasteiger partial charge is 0.362 e. The summed E-state index contributed by atoms with van der Waals surface area (Å²) in [5, 5.41) is 0.0410. The molecule has 0 saturated heterocycles. The van der Waals surface area contributed by atoms with Crippen molar-refractivity contribution in [1.29, 1.82) is 0 Å². The molecule has 25 heavy (non-hydrogen) atoms. The van der Waals surface area contributed by atoms with Gasteiger partial charge in [0, 0.05) is 6.54 Å². The topological polar surface area (TPSA) is 81.7 Å². The molecule has 0 amide bonds. The van der Waals surface area contributed by atoms with Crippen LogP contribution >= 0.6 is 7.60 Å². The number of hydrogen-bond donors (Lipinski definition) is 1. The molecule has 2 aromatic carbocycles. The zero-order valence-corrected chi connectivity index (χ0v) is 15.9.